The van der Waals surface area contributed by atoms with Gasteiger partial charge in [-0.2, -0.15) is 9.57 Å². The van der Waals surface area contributed by atoms with E-state index in [1.165, 1.54) is 11.6 Å². The Labute approximate surface area is 167 Å². The molecule has 5 nitrogen and oxygen atoms in total. The summed E-state index contributed by atoms with van der Waals surface area (Å²) in [6.07, 6.45) is 3.79. The molecule has 0 aliphatic carbocycles. The lowest BCUT2D eigenvalue weighted by molar-refractivity contribution is 0.263. The summed E-state index contributed by atoms with van der Waals surface area (Å²) in [6, 6.07) is 16.5. The normalized spacial score (nSPS) is 15.9. The fraction of sp³-hybridized carbons (Fsp3) is 0.409. The molecule has 6 heteroatoms. The zero-order valence-electron chi connectivity index (χ0n) is 16.2. The van der Waals surface area contributed by atoms with Gasteiger partial charge in [0.25, 0.3) is 0 Å². The summed E-state index contributed by atoms with van der Waals surface area (Å²) < 4.78 is 32.7. The van der Waals surface area contributed by atoms with Crippen molar-refractivity contribution >= 4 is 10.0 Å². The van der Waals surface area contributed by atoms with E-state index in [4.69, 9.17) is 10.00 Å². The molecule has 1 aliphatic heterocycles. The van der Waals surface area contributed by atoms with E-state index in [-0.39, 0.29) is 4.90 Å². The standard InChI is InChI=1S/C22H26N2O3S/c1-2-27-21-10-8-18(9-11-21)6-7-19-12-14-24(15-13-19)28(25,26)22-5-3-4-20(16-22)17-23/h3-5,8-11,16,19H,2,6-7,12-15H2,1H3. The fourth-order valence-electron chi connectivity index (χ4n) is 3.60. The van der Waals surface area contributed by atoms with Gasteiger partial charge in [-0.15, -0.1) is 0 Å². The molecular weight excluding hydrogens is 372 g/mol. The molecule has 28 heavy (non-hydrogen) atoms. The van der Waals surface area contributed by atoms with Crippen molar-refractivity contribution in [3.05, 3.63) is 59.7 Å². The first-order chi connectivity index (χ1) is 13.5. The van der Waals surface area contributed by atoms with E-state index in [0.717, 1.165) is 31.4 Å². The van der Waals surface area contributed by atoms with E-state index in [1.54, 1.807) is 22.5 Å². The minimum absolute atomic E-state index is 0.208. The average molecular weight is 399 g/mol. The van der Waals surface area contributed by atoms with Crippen LogP contribution < -0.4 is 4.74 Å². The van der Waals surface area contributed by atoms with Crippen molar-refractivity contribution in [3.8, 4) is 11.8 Å². The summed E-state index contributed by atoms with van der Waals surface area (Å²) in [5.74, 6) is 1.42. The molecular formula is C22H26N2O3S. The van der Waals surface area contributed by atoms with Gasteiger partial charge in [-0.3, -0.25) is 0 Å². The van der Waals surface area contributed by atoms with Crippen molar-refractivity contribution in [2.75, 3.05) is 19.7 Å². The van der Waals surface area contributed by atoms with E-state index < -0.39 is 10.0 Å². The number of piperidine rings is 1. The van der Waals surface area contributed by atoms with Crippen LogP contribution in [-0.2, 0) is 16.4 Å². The van der Waals surface area contributed by atoms with Crippen LogP contribution in [0.5, 0.6) is 5.75 Å². The van der Waals surface area contributed by atoms with Crippen LogP contribution in [0.4, 0.5) is 0 Å². The summed E-state index contributed by atoms with van der Waals surface area (Å²) in [6.45, 7) is 3.71. The summed E-state index contributed by atoms with van der Waals surface area (Å²) in [5, 5.41) is 9.00. The first kappa shape index (κ1) is 20.4. The Kier molecular flexibility index (Phi) is 6.71. The molecule has 0 saturated carbocycles. The van der Waals surface area contributed by atoms with Crippen molar-refractivity contribution in [1.82, 2.24) is 4.31 Å². The molecule has 2 aromatic carbocycles. The van der Waals surface area contributed by atoms with Gasteiger partial charge in [0.05, 0.1) is 23.1 Å². The first-order valence-electron chi connectivity index (χ1n) is 9.75. The molecule has 0 amide bonds. The van der Waals surface area contributed by atoms with Crippen LogP contribution in [0.1, 0.15) is 37.3 Å². The average Bonchev–Trinajstić information content (AvgIpc) is 2.74. The van der Waals surface area contributed by atoms with Crippen LogP contribution in [-0.4, -0.2) is 32.4 Å². The van der Waals surface area contributed by atoms with Crippen LogP contribution in [0.2, 0.25) is 0 Å². The van der Waals surface area contributed by atoms with E-state index in [9.17, 15) is 8.42 Å². The number of nitriles is 1. The molecule has 1 heterocycles. The van der Waals surface area contributed by atoms with Gasteiger partial charge in [-0.1, -0.05) is 18.2 Å². The SMILES string of the molecule is CCOc1ccc(CCC2CCN(S(=O)(=O)c3cccc(C#N)c3)CC2)cc1. The monoisotopic (exact) mass is 398 g/mol. The Morgan fingerprint density at radius 2 is 1.86 bits per heavy atom. The molecule has 2 aromatic rings. The third-order valence-electron chi connectivity index (χ3n) is 5.25. The molecule has 1 fully saturated rings. The smallest absolute Gasteiger partial charge is 0.243 e. The van der Waals surface area contributed by atoms with Crippen molar-refractivity contribution in [3.63, 3.8) is 0 Å². The van der Waals surface area contributed by atoms with Gasteiger partial charge in [0, 0.05) is 13.1 Å². The van der Waals surface area contributed by atoms with Gasteiger partial charge in [0.1, 0.15) is 5.75 Å². The molecule has 0 aromatic heterocycles. The van der Waals surface area contributed by atoms with Gasteiger partial charge in [-0.25, -0.2) is 8.42 Å². The molecule has 0 N–H and O–H groups in total. The van der Waals surface area contributed by atoms with Crippen molar-refractivity contribution < 1.29 is 13.2 Å². The number of ether oxygens (including phenoxy) is 1. The van der Waals surface area contributed by atoms with E-state index in [0.29, 0.717) is 31.2 Å². The molecule has 0 atom stereocenters. The van der Waals surface area contributed by atoms with Gasteiger partial charge in [0.2, 0.25) is 10.0 Å². The lowest BCUT2D eigenvalue weighted by atomic mass is 9.91. The number of hydrogen-bond acceptors (Lipinski definition) is 4. The van der Waals surface area contributed by atoms with Crippen molar-refractivity contribution in [2.45, 2.75) is 37.5 Å². The molecule has 0 unspecified atom stereocenters. The molecule has 0 radical (unpaired) electrons. The second-order valence-electron chi connectivity index (χ2n) is 7.10. The summed E-state index contributed by atoms with van der Waals surface area (Å²) >= 11 is 0. The highest BCUT2D eigenvalue weighted by Crippen LogP contribution is 2.27. The molecule has 148 valence electrons. The Morgan fingerprint density at radius 3 is 2.50 bits per heavy atom. The van der Waals surface area contributed by atoms with Crippen LogP contribution in [0, 0.1) is 17.2 Å². The summed E-state index contributed by atoms with van der Waals surface area (Å²) in [5.41, 5.74) is 1.65. The highest BCUT2D eigenvalue weighted by molar-refractivity contribution is 7.89. The molecule has 0 bridgehead atoms. The second kappa shape index (κ2) is 9.22. The Hall–Kier alpha value is -2.36. The number of rotatable bonds is 7. The lowest BCUT2D eigenvalue weighted by Gasteiger charge is -2.31. The highest BCUT2D eigenvalue weighted by atomic mass is 32.2. The van der Waals surface area contributed by atoms with Crippen LogP contribution in [0.25, 0.3) is 0 Å². The Bertz CT molecular complexity index is 925. The molecule has 1 saturated heterocycles. The molecule has 1 aliphatic rings. The van der Waals surface area contributed by atoms with Crippen LogP contribution in [0.3, 0.4) is 0 Å². The fourth-order valence-corrected chi connectivity index (χ4v) is 5.12. The Morgan fingerprint density at radius 1 is 1.14 bits per heavy atom. The third kappa shape index (κ3) is 4.92. The quantitative estimate of drug-likeness (QED) is 0.707. The van der Waals surface area contributed by atoms with Gasteiger partial charge >= 0.3 is 0 Å². The van der Waals surface area contributed by atoms with E-state index >= 15 is 0 Å². The molecule has 0 spiro atoms. The zero-order chi connectivity index (χ0) is 20.0. The largest absolute Gasteiger partial charge is 0.494 e. The van der Waals surface area contributed by atoms with Gasteiger partial charge in [-0.05, 0) is 74.4 Å². The van der Waals surface area contributed by atoms with Crippen molar-refractivity contribution in [1.29, 1.82) is 5.26 Å². The van der Waals surface area contributed by atoms with Crippen molar-refractivity contribution in [2.24, 2.45) is 5.92 Å². The van der Waals surface area contributed by atoms with Crippen LogP contribution in [0.15, 0.2) is 53.4 Å². The second-order valence-corrected chi connectivity index (χ2v) is 9.04. The highest BCUT2D eigenvalue weighted by Gasteiger charge is 2.29. The number of sulfonamides is 1. The van der Waals surface area contributed by atoms with E-state index in [1.807, 2.05) is 25.1 Å². The predicted molar refractivity (Wildman–Crippen MR) is 109 cm³/mol. The third-order valence-corrected chi connectivity index (χ3v) is 7.14. The minimum atomic E-state index is -3.53. The van der Waals surface area contributed by atoms with Gasteiger partial charge < -0.3 is 4.74 Å². The zero-order valence-corrected chi connectivity index (χ0v) is 17.0. The first-order valence-corrected chi connectivity index (χ1v) is 11.2. The Balaban J connectivity index is 1.53. The maximum absolute atomic E-state index is 12.8. The summed E-state index contributed by atoms with van der Waals surface area (Å²) in [4.78, 5) is 0.208. The molecule has 3 rings (SSSR count). The summed E-state index contributed by atoms with van der Waals surface area (Å²) in [7, 11) is -3.53. The van der Waals surface area contributed by atoms with Crippen LogP contribution >= 0.6 is 0 Å². The number of hydrogen-bond donors (Lipinski definition) is 0. The number of aryl methyl sites for hydroxylation is 1. The predicted octanol–water partition coefficient (Wildman–Crippen LogP) is 3.99. The minimum Gasteiger partial charge on any atom is -0.494 e. The topological polar surface area (TPSA) is 70.4 Å². The van der Waals surface area contributed by atoms with Gasteiger partial charge in [0.15, 0.2) is 0 Å². The maximum atomic E-state index is 12.8. The number of benzene rings is 2. The number of nitrogens with zero attached hydrogens (tertiary/aromatic N) is 2. The van der Waals surface area contributed by atoms with E-state index in [2.05, 4.69) is 12.1 Å². The lowest BCUT2D eigenvalue weighted by Crippen LogP contribution is -2.38. The maximum Gasteiger partial charge on any atom is 0.243 e.